The number of benzene rings is 1. The van der Waals surface area contributed by atoms with Crippen LogP contribution < -0.4 is 10.6 Å². The Bertz CT molecular complexity index is 610. The first-order valence-electron chi connectivity index (χ1n) is 7.51. The van der Waals surface area contributed by atoms with Crippen LogP contribution in [-0.4, -0.2) is 60.9 Å². The molecule has 2 rings (SSSR count). The Balaban J connectivity index is 1.87. The maximum atomic E-state index is 12.1. The molecular formula is C16H22N4O3. The van der Waals surface area contributed by atoms with Crippen molar-refractivity contribution in [2.75, 3.05) is 38.5 Å². The fourth-order valence-electron chi connectivity index (χ4n) is 2.52. The molecule has 4 amide bonds. The zero-order valence-corrected chi connectivity index (χ0v) is 13.7. The van der Waals surface area contributed by atoms with Gasteiger partial charge in [0, 0.05) is 18.8 Å². The average Bonchev–Trinajstić information content (AvgIpc) is 2.89. The largest absolute Gasteiger partial charge is 0.336 e. The van der Waals surface area contributed by atoms with Crippen molar-refractivity contribution in [2.24, 2.45) is 0 Å². The second-order valence-corrected chi connectivity index (χ2v) is 5.76. The Morgan fingerprint density at radius 1 is 1.26 bits per heavy atom. The van der Waals surface area contributed by atoms with E-state index in [0.29, 0.717) is 13.1 Å². The lowest BCUT2D eigenvalue weighted by Crippen LogP contribution is -2.42. The number of nitrogens with one attached hydrogen (secondary N) is 2. The van der Waals surface area contributed by atoms with E-state index in [1.165, 1.54) is 4.90 Å². The molecule has 1 aliphatic heterocycles. The maximum Gasteiger partial charge on any atom is 0.324 e. The van der Waals surface area contributed by atoms with Gasteiger partial charge >= 0.3 is 6.03 Å². The van der Waals surface area contributed by atoms with Gasteiger partial charge in [0.05, 0.1) is 13.1 Å². The summed E-state index contributed by atoms with van der Waals surface area (Å²) < 4.78 is 0. The predicted octanol–water partition coefficient (Wildman–Crippen LogP) is 0.726. The van der Waals surface area contributed by atoms with Gasteiger partial charge in [0.2, 0.25) is 11.8 Å². The number of carbonyl (C=O) groups is 3. The number of hydrogen-bond donors (Lipinski definition) is 2. The minimum absolute atomic E-state index is 0.0214. The summed E-state index contributed by atoms with van der Waals surface area (Å²) in [6.45, 7) is 4.81. The van der Waals surface area contributed by atoms with Crippen molar-refractivity contribution in [1.82, 2.24) is 15.1 Å². The normalized spacial score (nSPS) is 14.1. The number of aryl methyl sites for hydroxylation is 2. The van der Waals surface area contributed by atoms with E-state index in [1.54, 1.807) is 11.9 Å². The topological polar surface area (TPSA) is 81.8 Å². The van der Waals surface area contributed by atoms with Gasteiger partial charge in [0.25, 0.3) is 0 Å². The number of para-hydroxylation sites is 1. The molecule has 23 heavy (non-hydrogen) atoms. The first kappa shape index (κ1) is 17.0. The predicted molar refractivity (Wildman–Crippen MR) is 87.2 cm³/mol. The number of likely N-dealkylation sites (N-methyl/N-ethyl adjacent to an activating group) is 1. The molecule has 7 heteroatoms. The molecule has 1 fully saturated rings. The number of amides is 4. The highest BCUT2D eigenvalue weighted by molar-refractivity contribution is 5.97. The van der Waals surface area contributed by atoms with E-state index in [-0.39, 0.29) is 30.9 Å². The fraction of sp³-hybridized carbons (Fsp3) is 0.438. The smallest absolute Gasteiger partial charge is 0.324 e. The van der Waals surface area contributed by atoms with Crippen LogP contribution in [0.3, 0.4) is 0 Å². The zero-order chi connectivity index (χ0) is 17.0. The first-order valence-corrected chi connectivity index (χ1v) is 7.51. The molecule has 0 atom stereocenters. The minimum Gasteiger partial charge on any atom is -0.336 e. The molecule has 0 unspecified atom stereocenters. The molecule has 0 aliphatic carbocycles. The Labute approximate surface area is 135 Å². The van der Waals surface area contributed by atoms with Gasteiger partial charge in [0.15, 0.2) is 0 Å². The fourth-order valence-corrected chi connectivity index (χ4v) is 2.52. The summed E-state index contributed by atoms with van der Waals surface area (Å²) in [7, 11) is 1.68. The van der Waals surface area contributed by atoms with Crippen LogP contribution in [0.4, 0.5) is 10.5 Å². The van der Waals surface area contributed by atoms with Crippen molar-refractivity contribution >= 4 is 23.5 Å². The molecule has 1 heterocycles. The maximum absolute atomic E-state index is 12.1. The summed E-state index contributed by atoms with van der Waals surface area (Å²) >= 11 is 0. The Morgan fingerprint density at radius 2 is 1.91 bits per heavy atom. The van der Waals surface area contributed by atoms with E-state index >= 15 is 0 Å². The van der Waals surface area contributed by atoms with Crippen molar-refractivity contribution in [1.29, 1.82) is 0 Å². The highest BCUT2D eigenvalue weighted by atomic mass is 16.2. The molecule has 124 valence electrons. The van der Waals surface area contributed by atoms with E-state index < -0.39 is 0 Å². The quantitative estimate of drug-likeness (QED) is 0.838. The van der Waals surface area contributed by atoms with Crippen molar-refractivity contribution < 1.29 is 14.4 Å². The van der Waals surface area contributed by atoms with E-state index in [2.05, 4.69) is 10.6 Å². The lowest BCUT2D eigenvalue weighted by molar-refractivity contribution is -0.128. The number of imide groups is 1. The molecule has 0 aromatic heterocycles. The molecule has 0 bridgehead atoms. The molecule has 0 spiro atoms. The van der Waals surface area contributed by atoms with E-state index in [9.17, 15) is 14.4 Å². The summed E-state index contributed by atoms with van der Waals surface area (Å²) in [5.41, 5.74) is 2.78. The number of hydrogen-bond acceptors (Lipinski definition) is 4. The second-order valence-electron chi connectivity index (χ2n) is 5.76. The van der Waals surface area contributed by atoms with Crippen LogP contribution >= 0.6 is 0 Å². The summed E-state index contributed by atoms with van der Waals surface area (Å²) in [6, 6.07) is 5.43. The number of urea groups is 1. The van der Waals surface area contributed by atoms with Crippen LogP contribution in [0.15, 0.2) is 18.2 Å². The van der Waals surface area contributed by atoms with Crippen LogP contribution in [0.5, 0.6) is 0 Å². The Kier molecular flexibility index (Phi) is 5.33. The molecule has 1 aromatic carbocycles. The van der Waals surface area contributed by atoms with Crippen molar-refractivity contribution in [2.45, 2.75) is 13.8 Å². The minimum atomic E-state index is -0.372. The summed E-state index contributed by atoms with van der Waals surface area (Å²) in [5.74, 6) is -0.494. The van der Waals surface area contributed by atoms with Crippen LogP contribution in [-0.2, 0) is 9.59 Å². The number of carbonyl (C=O) groups excluding carboxylic acids is 3. The lowest BCUT2D eigenvalue weighted by atomic mass is 10.1. The van der Waals surface area contributed by atoms with Crippen LogP contribution in [0.25, 0.3) is 0 Å². The van der Waals surface area contributed by atoms with Gasteiger partial charge in [-0.2, -0.15) is 0 Å². The molecule has 1 aliphatic rings. The third kappa shape index (κ3) is 4.29. The SMILES string of the molecule is Cc1cccc(C)c1NC(=O)CN(C)CC(=O)N1CCNC1=O. The van der Waals surface area contributed by atoms with Gasteiger partial charge in [-0.05, 0) is 32.0 Å². The van der Waals surface area contributed by atoms with Crippen LogP contribution in [0.2, 0.25) is 0 Å². The van der Waals surface area contributed by atoms with E-state index in [1.807, 2.05) is 32.0 Å². The summed E-state index contributed by atoms with van der Waals surface area (Å²) in [5, 5.41) is 5.45. The number of nitrogens with zero attached hydrogens (tertiary/aromatic N) is 2. The molecule has 0 radical (unpaired) electrons. The van der Waals surface area contributed by atoms with E-state index in [0.717, 1.165) is 16.8 Å². The molecule has 1 saturated heterocycles. The monoisotopic (exact) mass is 318 g/mol. The third-order valence-corrected chi connectivity index (χ3v) is 3.72. The molecule has 2 N–H and O–H groups in total. The Morgan fingerprint density at radius 3 is 2.48 bits per heavy atom. The van der Waals surface area contributed by atoms with Gasteiger partial charge in [-0.1, -0.05) is 18.2 Å². The van der Waals surface area contributed by atoms with Crippen molar-refractivity contribution in [3.8, 4) is 0 Å². The first-order chi connectivity index (χ1) is 10.9. The van der Waals surface area contributed by atoms with Gasteiger partial charge < -0.3 is 10.6 Å². The molecule has 0 saturated carbocycles. The van der Waals surface area contributed by atoms with E-state index in [4.69, 9.17) is 0 Å². The van der Waals surface area contributed by atoms with Crippen molar-refractivity contribution in [3.63, 3.8) is 0 Å². The van der Waals surface area contributed by atoms with Gasteiger partial charge in [-0.25, -0.2) is 4.79 Å². The molecule has 1 aromatic rings. The third-order valence-electron chi connectivity index (χ3n) is 3.72. The number of rotatable bonds is 5. The summed E-state index contributed by atoms with van der Waals surface area (Å²) in [6.07, 6.45) is 0. The van der Waals surface area contributed by atoms with Crippen LogP contribution in [0, 0.1) is 13.8 Å². The Hall–Kier alpha value is -2.41. The standard InChI is InChI=1S/C16H22N4O3/c1-11-5-4-6-12(2)15(11)18-13(21)9-19(3)10-14(22)20-8-7-17-16(20)23/h4-6H,7-10H2,1-3H3,(H,17,23)(H,18,21). The van der Waals surface area contributed by atoms with Crippen molar-refractivity contribution in [3.05, 3.63) is 29.3 Å². The zero-order valence-electron chi connectivity index (χ0n) is 13.7. The second kappa shape index (κ2) is 7.23. The average molecular weight is 318 g/mol. The highest BCUT2D eigenvalue weighted by Crippen LogP contribution is 2.19. The molecular weight excluding hydrogens is 296 g/mol. The van der Waals surface area contributed by atoms with Gasteiger partial charge in [-0.3, -0.25) is 19.4 Å². The van der Waals surface area contributed by atoms with Gasteiger partial charge in [-0.15, -0.1) is 0 Å². The molecule has 7 nitrogen and oxygen atoms in total. The number of anilines is 1. The summed E-state index contributed by atoms with van der Waals surface area (Å²) in [4.78, 5) is 38.3. The lowest BCUT2D eigenvalue weighted by Gasteiger charge is -2.19. The highest BCUT2D eigenvalue weighted by Gasteiger charge is 2.26. The van der Waals surface area contributed by atoms with Crippen LogP contribution in [0.1, 0.15) is 11.1 Å². The van der Waals surface area contributed by atoms with Gasteiger partial charge in [0.1, 0.15) is 0 Å².